The van der Waals surface area contributed by atoms with Gasteiger partial charge in [0, 0.05) is 0 Å². The normalized spacial score (nSPS) is 13.5. The van der Waals surface area contributed by atoms with Gasteiger partial charge in [-0.15, -0.1) is 0 Å². The number of alkyl halides is 2. The van der Waals surface area contributed by atoms with Crippen LogP contribution in [0.3, 0.4) is 0 Å². The van der Waals surface area contributed by atoms with Crippen molar-refractivity contribution in [3.05, 3.63) is 115 Å². The Morgan fingerprint density at radius 3 is 1.62 bits per heavy atom. The van der Waals surface area contributed by atoms with Crippen molar-refractivity contribution in [2.24, 2.45) is 0 Å². The van der Waals surface area contributed by atoms with Crippen LogP contribution in [-0.4, -0.2) is 13.7 Å². The van der Waals surface area contributed by atoms with Gasteiger partial charge in [0.1, 0.15) is 0 Å². The molecule has 0 fully saturated rings. The maximum absolute atomic E-state index is 15.6. The van der Waals surface area contributed by atoms with Gasteiger partial charge in [-0.05, 0) is 0 Å². The van der Waals surface area contributed by atoms with Gasteiger partial charge in [0.15, 0.2) is 0 Å². The standard InChI is InChI=1S/C32H35F2IO3S/c1-30(2,3)25-14-18-27(19-15-25)35(28-20-16-26(17-21-28)31(4,5)6)38-39(36,37)32(33,34)22-24-12-9-11-23-10-7-8-13-29(23)24/h7-21H,22H2,1-6H3. The molecule has 0 saturated heterocycles. The zero-order valence-corrected chi connectivity index (χ0v) is 26.1. The maximum atomic E-state index is 15.6. The Labute approximate surface area is 238 Å². The third-order valence-corrected chi connectivity index (χ3v) is 14.0. The average Bonchev–Trinajstić information content (AvgIpc) is 2.86. The molecule has 0 radical (unpaired) electrons. The third kappa shape index (κ3) is 6.69. The fourth-order valence-electron chi connectivity index (χ4n) is 4.21. The first-order valence-corrected chi connectivity index (χ1v) is 17.2. The van der Waals surface area contributed by atoms with Crippen LogP contribution in [0.2, 0.25) is 0 Å². The zero-order chi connectivity index (χ0) is 28.6. The van der Waals surface area contributed by atoms with Crippen molar-refractivity contribution >= 4 is 41.1 Å². The van der Waals surface area contributed by atoms with E-state index >= 15 is 8.78 Å². The van der Waals surface area contributed by atoms with E-state index in [4.69, 9.17) is 2.51 Å². The van der Waals surface area contributed by atoms with Crippen LogP contribution in [0.4, 0.5) is 8.78 Å². The predicted molar refractivity (Wildman–Crippen MR) is 164 cm³/mol. The van der Waals surface area contributed by atoms with Crippen molar-refractivity contribution in [1.82, 2.24) is 0 Å². The summed E-state index contributed by atoms with van der Waals surface area (Å²) in [4.78, 5) is 0. The molecule has 0 amide bonds. The number of hydrogen-bond donors (Lipinski definition) is 0. The SMILES string of the molecule is CC(C)(C)c1ccc(I(OS(=O)(=O)C(F)(F)Cc2cccc3ccccc23)c2ccc(C(C)(C)C)cc2)cc1. The Morgan fingerprint density at radius 2 is 1.13 bits per heavy atom. The summed E-state index contributed by atoms with van der Waals surface area (Å²) < 4.78 is 64.5. The number of halogens is 3. The Bertz CT molecular complexity index is 1490. The molecule has 39 heavy (non-hydrogen) atoms. The van der Waals surface area contributed by atoms with E-state index in [1.807, 2.05) is 66.7 Å². The van der Waals surface area contributed by atoms with Crippen LogP contribution in [0.5, 0.6) is 0 Å². The van der Waals surface area contributed by atoms with Crippen molar-refractivity contribution < 1.29 is 19.7 Å². The summed E-state index contributed by atoms with van der Waals surface area (Å²) in [7, 11) is -5.26. The van der Waals surface area contributed by atoms with Gasteiger partial charge in [-0.25, -0.2) is 0 Å². The second-order valence-electron chi connectivity index (χ2n) is 11.7. The molecular weight excluding hydrogens is 629 g/mol. The molecule has 4 aromatic rings. The quantitative estimate of drug-likeness (QED) is 0.185. The summed E-state index contributed by atoms with van der Waals surface area (Å²) in [5.41, 5.74) is 2.17. The first-order valence-electron chi connectivity index (χ1n) is 12.8. The first-order chi connectivity index (χ1) is 18.1. The second-order valence-corrected chi connectivity index (χ2v) is 18.4. The number of benzene rings is 4. The van der Waals surface area contributed by atoms with Crippen LogP contribution in [0.15, 0.2) is 91.0 Å². The van der Waals surface area contributed by atoms with E-state index in [2.05, 4.69) is 41.5 Å². The van der Waals surface area contributed by atoms with E-state index in [1.54, 1.807) is 24.3 Å². The van der Waals surface area contributed by atoms with Gasteiger partial charge in [-0.3, -0.25) is 0 Å². The summed E-state index contributed by atoms with van der Waals surface area (Å²) >= 11 is -3.28. The van der Waals surface area contributed by atoms with Crippen LogP contribution in [0.25, 0.3) is 10.8 Å². The Balaban J connectivity index is 1.72. The third-order valence-electron chi connectivity index (χ3n) is 6.60. The molecule has 7 heteroatoms. The number of fused-ring (bicyclic) bond motifs is 1. The van der Waals surface area contributed by atoms with Crippen LogP contribution >= 0.6 is 20.2 Å². The van der Waals surface area contributed by atoms with Crippen LogP contribution < -0.4 is 0 Å². The molecule has 208 valence electrons. The van der Waals surface area contributed by atoms with Crippen LogP contribution in [0.1, 0.15) is 58.2 Å². The van der Waals surface area contributed by atoms with E-state index < -0.39 is 42.0 Å². The van der Waals surface area contributed by atoms with Crippen molar-refractivity contribution in [3.8, 4) is 0 Å². The summed E-state index contributed by atoms with van der Waals surface area (Å²) in [6, 6.07) is 27.1. The molecule has 0 aliphatic heterocycles. The molecule has 0 N–H and O–H groups in total. The fourth-order valence-corrected chi connectivity index (χ4v) is 11.1. The molecule has 0 bridgehead atoms. The summed E-state index contributed by atoms with van der Waals surface area (Å²) in [5.74, 6) is 0. The molecule has 0 saturated carbocycles. The Morgan fingerprint density at radius 1 is 0.667 bits per heavy atom. The summed E-state index contributed by atoms with van der Waals surface area (Å²) in [5, 5.41) is -2.74. The van der Waals surface area contributed by atoms with Crippen LogP contribution in [0, 0.1) is 7.14 Å². The molecule has 0 spiro atoms. The molecule has 0 unspecified atom stereocenters. The van der Waals surface area contributed by atoms with Crippen molar-refractivity contribution in [1.29, 1.82) is 0 Å². The fraction of sp³-hybridized carbons (Fsp3) is 0.312. The van der Waals surface area contributed by atoms with Gasteiger partial charge in [-0.1, -0.05) is 0 Å². The van der Waals surface area contributed by atoms with E-state index in [0.717, 1.165) is 16.5 Å². The Hall–Kier alpha value is -2.36. The Kier molecular flexibility index (Phi) is 8.28. The topological polar surface area (TPSA) is 43.4 Å². The molecule has 0 aromatic heterocycles. The molecule has 4 aromatic carbocycles. The second kappa shape index (κ2) is 10.9. The molecular formula is C32H35F2IO3S. The van der Waals surface area contributed by atoms with Gasteiger partial charge in [0.05, 0.1) is 0 Å². The monoisotopic (exact) mass is 664 g/mol. The van der Waals surface area contributed by atoms with Crippen molar-refractivity contribution in [2.75, 3.05) is 0 Å². The number of rotatable bonds is 7. The molecule has 3 nitrogen and oxygen atoms in total. The summed E-state index contributed by atoms with van der Waals surface area (Å²) in [6.07, 6.45) is -0.966. The van der Waals surface area contributed by atoms with E-state index in [-0.39, 0.29) is 16.4 Å². The van der Waals surface area contributed by atoms with E-state index in [0.29, 0.717) is 12.5 Å². The first kappa shape index (κ1) is 29.6. The van der Waals surface area contributed by atoms with Crippen LogP contribution in [-0.2, 0) is 29.9 Å². The molecule has 0 aliphatic carbocycles. The van der Waals surface area contributed by atoms with Gasteiger partial charge in [0.2, 0.25) is 0 Å². The van der Waals surface area contributed by atoms with E-state index in [1.165, 1.54) is 0 Å². The number of hydrogen-bond acceptors (Lipinski definition) is 3. The molecule has 0 aliphatic rings. The van der Waals surface area contributed by atoms with E-state index in [9.17, 15) is 8.42 Å². The minimum absolute atomic E-state index is 0.107. The molecule has 0 heterocycles. The predicted octanol–water partition coefficient (Wildman–Crippen LogP) is 9.08. The zero-order valence-electron chi connectivity index (χ0n) is 23.1. The van der Waals surface area contributed by atoms with Crippen molar-refractivity contribution in [3.63, 3.8) is 0 Å². The van der Waals surface area contributed by atoms with Gasteiger partial charge >= 0.3 is 240 Å². The average molecular weight is 665 g/mol. The van der Waals surface area contributed by atoms with Crippen molar-refractivity contribution in [2.45, 2.75) is 64.0 Å². The van der Waals surface area contributed by atoms with Gasteiger partial charge < -0.3 is 0 Å². The summed E-state index contributed by atoms with van der Waals surface area (Å²) in [6.45, 7) is 12.5. The van der Waals surface area contributed by atoms with Gasteiger partial charge in [-0.2, -0.15) is 0 Å². The molecule has 4 rings (SSSR count). The van der Waals surface area contributed by atoms with Gasteiger partial charge in [0.25, 0.3) is 0 Å². The molecule has 0 atom stereocenters. The minimum atomic E-state index is -5.26.